The zero-order chi connectivity index (χ0) is 11.3. The van der Waals surface area contributed by atoms with Crippen molar-refractivity contribution in [2.75, 3.05) is 13.7 Å². The van der Waals surface area contributed by atoms with Crippen molar-refractivity contribution in [2.24, 2.45) is 11.7 Å². The number of amides is 1. The smallest absolute Gasteiger partial charge is 0.222 e. The van der Waals surface area contributed by atoms with Crippen LogP contribution in [0.25, 0.3) is 0 Å². The number of methoxy groups -OCH3 is 1. The first kappa shape index (κ1) is 12.5. The number of primary amides is 1. The minimum absolute atomic E-state index is 0.00180. The lowest BCUT2D eigenvalue weighted by atomic mass is 9.83. The fourth-order valence-electron chi connectivity index (χ4n) is 2.33. The van der Waals surface area contributed by atoms with Crippen LogP contribution in [0.15, 0.2) is 0 Å². The summed E-state index contributed by atoms with van der Waals surface area (Å²) in [5.41, 5.74) is 5.40. The topological polar surface area (TPSA) is 64.3 Å². The first-order valence-corrected chi connectivity index (χ1v) is 5.69. The predicted molar refractivity (Wildman–Crippen MR) is 59.4 cm³/mol. The van der Waals surface area contributed by atoms with Gasteiger partial charge in [-0.15, -0.1) is 0 Å². The van der Waals surface area contributed by atoms with Crippen LogP contribution in [-0.2, 0) is 9.53 Å². The Morgan fingerprint density at radius 2 is 2.20 bits per heavy atom. The SMILES string of the molecule is COCC(C)NC1CCCCC1C(N)=O. The van der Waals surface area contributed by atoms with Gasteiger partial charge in [0, 0.05) is 19.2 Å². The summed E-state index contributed by atoms with van der Waals surface area (Å²) in [7, 11) is 1.69. The van der Waals surface area contributed by atoms with Crippen LogP contribution in [0.5, 0.6) is 0 Å². The predicted octanol–water partition coefficient (Wildman–Crippen LogP) is 0.655. The lowest BCUT2D eigenvalue weighted by molar-refractivity contribution is -0.123. The summed E-state index contributed by atoms with van der Waals surface area (Å²) in [5.74, 6) is -0.171. The van der Waals surface area contributed by atoms with Crippen molar-refractivity contribution in [1.82, 2.24) is 5.32 Å². The molecule has 3 atom stereocenters. The van der Waals surface area contributed by atoms with Gasteiger partial charge in [-0.3, -0.25) is 4.79 Å². The van der Waals surface area contributed by atoms with Crippen LogP contribution < -0.4 is 11.1 Å². The average molecular weight is 214 g/mol. The second kappa shape index (κ2) is 6.08. The van der Waals surface area contributed by atoms with Gasteiger partial charge < -0.3 is 15.8 Å². The van der Waals surface area contributed by atoms with Crippen molar-refractivity contribution in [3.05, 3.63) is 0 Å². The van der Waals surface area contributed by atoms with E-state index in [0.29, 0.717) is 6.61 Å². The van der Waals surface area contributed by atoms with Crippen LogP contribution in [0.2, 0.25) is 0 Å². The zero-order valence-electron chi connectivity index (χ0n) is 9.66. The standard InChI is InChI=1S/C11H22N2O2/c1-8(7-15-2)13-10-6-4-3-5-9(10)11(12)14/h8-10,13H,3-7H2,1-2H3,(H2,12,14). The molecule has 3 unspecified atom stereocenters. The van der Waals surface area contributed by atoms with Gasteiger partial charge in [0.05, 0.1) is 12.5 Å². The van der Waals surface area contributed by atoms with E-state index in [2.05, 4.69) is 12.2 Å². The molecule has 1 saturated carbocycles. The average Bonchev–Trinajstić information content (AvgIpc) is 2.18. The number of rotatable bonds is 5. The molecule has 4 heteroatoms. The molecule has 4 nitrogen and oxygen atoms in total. The molecule has 0 aromatic carbocycles. The molecule has 3 N–H and O–H groups in total. The van der Waals surface area contributed by atoms with E-state index in [4.69, 9.17) is 10.5 Å². The lowest BCUT2D eigenvalue weighted by Gasteiger charge is -2.32. The summed E-state index contributed by atoms with van der Waals surface area (Å²) in [4.78, 5) is 11.3. The van der Waals surface area contributed by atoms with Crippen LogP contribution in [-0.4, -0.2) is 31.7 Å². The molecule has 1 fully saturated rings. The van der Waals surface area contributed by atoms with E-state index in [1.54, 1.807) is 7.11 Å². The maximum absolute atomic E-state index is 11.3. The van der Waals surface area contributed by atoms with Crippen LogP contribution >= 0.6 is 0 Å². The van der Waals surface area contributed by atoms with Crippen molar-refractivity contribution in [2.45, 2.75) is 44.7 Å². The van der Waals surface area contributed by atoms with Gasteiger partial charge in [-0.2, -0.15) is 0 Å². The molecule has 0 saturated heterocycles. The third-order valence-electron chi connectivity index (χ3n) is 3.05. The van der Waals surface area contributed by atoms with Crippen molar-refractivity contribution in [1.29, 1.82) is 0 Å². The number of ether oxygens (including phenoxy) is 1. The molecule has 1 amide bonds. The van der Waals surface area contributed by atoms with Gasteiger partial charge in [0.15, 0.2) is 0 Å². The largest absolute Gasteiger partial charge is 0.383 e. The Bertz CT molecular complexity index is 209. The highest BCUT2D eigenvalue weighted by atomic mass is 16.5. The summed E-state index contributed by atoms with van der Waals surface area (Å²) < 4.78 is 5.06. The van der Waals surface area contributed by atoms with E-state index < -0.39 is 0 Å². The highest BCUT2D eigenvalue weighted by Crippen LogP contribution is 2.24. The van der Waals surface area contributed by atoms with E-state index in [1.165, 1.54) is 6.42 Å². The highest BCUT2D eigenvalue weighted by molar-refractivity contribution is 5.77. The summed E-state index contributed by atoms with van der Waals surface area (Å²) in [6.07, 6.45) is 4.26. The van der Waals surface area contributed by atoms with Crippen LogP contribution in [0.3, 0.4) is 0 Å². The van der Waals surface area contributed by atoms with Crippen LogP contribution in [0, 0.1) is 5.92 Å². The van der Waals surface area contributed by atoms with Gasteiger partial charge >= 0.3 is 0 Å². The molecular weight excluding hydrogens is 192 g/mol. The van der Waals surface area contributed by atoms with Gasteiger partial charge in [-0.1, -0.05) is 12.8 Å². The molecule has 1 aliphatic carbocycles. The molecule has 0 radical (unpaired) electrons. The molecule has 0 bridgehead atoms. The molecule has 1 aliphatic rings. The van der Waals surface area contributed by atoms with Gasteiger partial charge in [-0.25, -0.2) is 0 Å². The Morgan fingerprint density at radius 3 is 2.80 bits per heavy atom. The Kier molecular flexibility index (Phi) is 5.05. The maximum atomic E-state index is 11.3. The summed E-state index contributed by atoms with van der Waals surface area (Å²) in [6.45, 7) is 2.73. The Morgan fingerprint density at radius 1 is 1.53 bits per heavy atom. The minimum Gasteiger partial charge on any atom is -0.383 e. The first-order chi connectivity index (χ1) is 7.15. The number of carbonyl (C=O) groups excluding carboxylic acids is 1. The summed E-state index contributed by atoms with van der Waals surface area (Å²) in [5, 5.41) is 3.43. The molecule has 0 aromatic heterocycles. The lowest BCUT2D eigenvalue weighted by Crippen LogP contribution is -2.48. The number of nitrogens with two attached hydrogens (primary N) is 1. The molecule has 0 spiro atoms. The Balaban J connectivity index is 2.45. The van der Waals surface area contributed by atoms with Gasteiger partial charge in [0.1, 0.15) is 0 Å². The monoisotopic (exact) mass is 214 g/mol. The first-order valence-electron chi connectivity index (χ1n) is 5.69. The van der Waals surface area contributed by atoms with E-state index in [9.17, 15) is 4.79 Å². The second-order valence-electron chi connectivity index (χ2n) is 4.42. The Hall–Kier alpha value is -0.610. The van der Waals surface area contributed by atoms with E-state index >= 15 is 0 Å². The molecular formula is C11H22N2O2. The summed E-state index contributed by atoms with van der Waals surface area (Å²) >= 11 is 0. The number of hydrogen-bond donors (Lipinski definition) is 2. The highest BCUT2D eigenvalue weighted by Gasteiger charge is 2.29. The fraction of sp³-hybridized carbons (Fsp3) is 0.909. The second-order valence-corrected chi connectivity index (χ2v) is 4.42. The van der Waals surface area contributed by atoms with Gasteiger partial charge in [0.2, 0.25) is 5.91 Å². The number of carbonyl (C=O) groups is 1. The van der Waals surface area contributed by atoms with E-state index in [0.717, 1.165) is 19.3 Å². The molecule has 0 aromatic rings. The van der Waals surface area contributed by atoms with Crippen molar-refractivity contribution in [3.63, 3.8) is 0 Å². The van der Waals surface area contributed by atoms with Crippen LogP contribution in [0.4, 0.5) is 0 Å². The molecule has 0 aliphatic heterocycles. The third-order valence-corrected chi connectivity index (χ3v) is 3.05. The van der Waals surface area contributed by atoms with Crippen molar-refractivity contribution >= 4 is 5.91 Å². The minimum atomic E-state index is -0.170. The van der Waals surface area contributed by atoms with E-state index in [1.807, 2.05) is 0 Å². The van der Waals surface area contributed by atoms with Gasteiger partial charge in [-0.05, 0) is 19.8 Å². The summed E-state index contributed by atoms with van der Waals surface area (Å²) in [6, 6.07) is 0.515. The zero-order valence-corrected chi connectivity index (χ0v) is 9.66. The number of nitrogens with one attached hydrogen (secondary N) is 1. The molecule has 1 rings (SSSR count). The van der Waals surface area contributed by atoms with Crippen molar-refractivity contribution in [3.8, 4) is 0 Å². The van der Waals surface area contributed by atoms with E-state index in [-0.39, 0.29) is 23.9 Å². The Labute approximate surface area is 91.5 Å². The maximum Gasteiger partial charge on any atom is 0.222 e. The van der Waals surface area contributed by atoms with Crippen LogP contribution in [0.1, 0.15) is 32.6 Å². The third kappa shape index (κ3) is 3.80. The van der Waals surface area contributed by atoms with Crippen molar-refractivity contribution < 1.29 is 9.53 Å². The normalized spacial score (nSPS) is 28.7. The molecule has 15 heavy (non-hydrogen) atoms. The fourth-order valence-corrected chi connectivity index (χ4v) is 2.33. The molecule has 88 valence electrons. The molecule has 0 heterocycles. The quantitative estimate of drug-likeness (QED) is 0.706. The number of hydrogen-bond acceptors (Lipinski definition) is 3. The van der Waals surface area contributed by atoms with Gasteiger partial charge in [0.25, 0.3) is 0 Å².